The van der Waals surface area contributed by atoms with Gasteiger partial charge in [0.05, 0.1) is 23.4 Å². The SMILES string of the molecule is CC(C#N)c1c(-c2ccccc2)nc2ccc(Br)cn12. The van der Waals surface area contributed by atoms with Crippen LogP contribution in [0.25, 0.3) is 16.9 Å². The van der Waals surface area contributed by atoms with Crippen molar-refractivity contribution in [2.24, 2.45) is 0 Å². The van der Waals surface area contributed by atoms with Crippen molar-refractivity contribution in [3.05, 3.63) is 58.8 Å². The van der Waals surface area contributed by atoms with Crippen LogP contribution in [0.3, 0.4) is 0 Å². The van der Waals surface area contributed by atoms with Gasteiger partial charge in [-0.3, -0.25) is 0 Å². The molecule has 1 atom stereocenters. The van der Waals surface area contributed by atoms with E-state index in [4.69, 9.17) is 0 Å². The minimum atomic E-state index is -0.227. The second-order valence-electron chi connectivity index (χ2n) is 4.64. The maximum absolute atomic E-state index is 9.30. The molecule has 3 rings (SSSR count). The molecule has 0 spiro atoms. The van der Waals surface area contributed by atoms with Crippen molar-refractivity contribution in [2.45, 2.75) is 12.8 Å². The van der Waals surface area contributed by atoms with Gasteiger partial charge in [-0.2, -0.15) is 5.26 Å². The summed E-state index contributed by atoms with van der Waals surface area (Å²) in [6.45, 7) is 1.90. The maximum Gasteiger partial charge on any atom is 0.137 e. The summed E-state index contributed by atoms with van der Waals surface area (Å²) in [6, 6.07) is 16.2. The van der Waals surface area contributed by atoms with Crippen molar-refractivity contribution < 1.29 is 0 Å². The molecule has 0 bridgehead atoms. The first-order valence-corrected chi connectivity index (χ1v) is 7.12. The molecule has 0 N–H and O–H groups in total. The molecular weight excluding hydrogens is 314 g/mol. The number of rotatable bonds is 2. The van der Waals surface area contributed by atoms with E-state index in [2.05, 4.69) is 27.0 Å². The van der Waals surface area contributed by atoms with Crippen LogP contribution < -0.4 is 0 Å². The van der Waals surface area contributed by atoms with Crippen molar-refractivity contribution in [3.63, 3.8) is 0 Å². The van der Waals surface area contributed by atoms with E-state index in [-0.39, 0.29) is 5.92 Å². The summed E-state index contributed by atoms with van der Waals surface area (Å²) < 4.78 is 2.95. The number of imidazole rings is 1. The second kappa shape index (κ2) is 5.10. The van der Waals surface area contributed by atoms with Gasteiger partial charge >= 0.3 is 0 Å². The van der Waals surface area contributed by atoms with Gasteiger partial charge < -0.3 is 4.40 Å². The molecule has 0 radical (unpaired) electrons. The van der Waals surface area contributed by atoms with Crippen molar-refractivity contribution in [1.82, 2.24) is 9.38 Å². The number of hydrogen-bond acceptors (Lipinski definition) is 2. The molecule has 0 aliphatic rings. The number of aromatic nitrogens is 2. The Labute approximate surface area is 125 Å². The van der Waals surface area contributed by atoms with Gasteiger partial charge in [-0.25, -0.2) is 4.98 Å². The van der Waals surface area contributed by atoms with Crippen LogP contribution in [0.2, 0.25) is 0 Å². The van der Waals surface area contributed by atoms with Crippen molar-refractivity contribution in [2.75, 3.05) is 0 Å². The Hall–Kier alpha value is -2.12. The van der Waals surface area contributed by atoms with E-state index in [1.807, 2.05) is 60.0 Å². The fraction of sp³-hybridized carbons (Fsp3) is 0.125. The first-order chi connectivity index (χ1) is 9.70. The van der Waals surface area contributed by atoms with Crippen molar-refractivity contribution >= 4 is 21.6 Å². The Kier molecular flexibility index (Phi) is 3.29. The first kappa shape index (κ1) is 12.9. The predicted octanol–water partition coefficient (Wildman–Crippen LogP) is 4.39. The Morgan fingerprint density at radius 3 is 2.65 bits per heavy atom. The Balaban J connectivity index is 2.34. The summed E-state index contributed by atoms with van der Waals surface area (Å²) >= 11 is 3.47. The monoisotopic (exact) mass is 325 g/mol. The lowest BCUT2D eigenvalue weighted by Crippen LogP contribution is -1.98. The van der Waals surface area contributed by atoms with Crippen LogP contribution in [-0.2, 0) is 0 Å². The van der Waals surface area contributed by atoms with Crippen molar-refractivity contribution in [3.8, 4) is 17.3 Å². The zero-order valence-electron chi connectivity index (χ0n) is 10.9. The average molecular weight is 326 g/mol. The molecule has 0 saturated heterocycles. The first-order valence-electron chi connectivity index (χ1n) is 6.33. The van der Waals surface area contributed by atoms with Crippen LogP contribution in [0.4, 0.5) is 0 Å². The highest BCUT2D eigenvalue weighted by Crippen LogP contribution is 2.30. The van der Waals surface area contributed by atoms with Gasteiger partial charge in [0, 0.05) is 16.2 Å². The summed E-state index contributed by atoms with van der Waals surface area (Å²) in [5.74, 6) is -0.227. The molecule has 4 heteroatoms. The molecule has 0 aliphatic heterocycles. The van der Waals surface area contributed by atoms with E-state index in [9.17, 15) is 5.26 Å². The Morgan fingerprint density at radius 1 is 1.20 bits per heavy atom. The summed E-state index contributed by atoms with van der Waals surface area (Å²) in [6.07, 6.45) is 1.96. The van der Waals surface area contributed by atoms with Gasteiger partial charge in [-0.1, -0.05) is 30.3 Å². The van der Waals surface area contributed by atoms with Gasteiger partial charge in [0.1, 0.15) is 5.65 Å². The van der Waals surface area contributed by atoms with Crippen molar-refractivity contribution in [1.29, 1.82) is 5.26 Å². The highest BCUT2D eigenvalue weighted by Gasteiger charge is 2.19. The summed E-state index contributed by atoms with van der Waals surface area (Å²) in [7, 11) is 0. The van der Waals surface area contributed by atoms with Crippen LogP contribution in [0, 0.1) is 11.3 Å². The highest BCUT2D eigenvalue weighted by molar-refractivity contribution is 9.10. The number of fused-ring (bicyclic) bond motifs is 1. The van der Waals surface area contributed by atoms with E-state index in [1.54, 1.807) is 0 Å². The fourth-order valence-corrected chi connectivity index (χ4v) is 2.66. The largest absolute Gasteiger partial charge is 0.301 e. The molecule has 0 saturated carbocycles. The Bertz CT molecular complexity index is 800. The standard InChI is InChI=1S/C16H12BrN3/c1-11(9-18)16-15(12-5-3-2-4-6-12)19-14-8-7-13(17)10-20(14)16/h2-8,10-11H,1H3. The minimum Gasteiger partial charge on any atom is -0.301 e. The van der Waals surface area contributed by atoms with Gasteiger partial charge in [0.25, 0.3) is 0 Å². The number of halogens is 1. The minimum absolute atomic E-state index is 0.227. The van der Waals surface area contributed by atoms with Crippen LogP contribution in [0.5, 0.6) is 0 Å². The smallest absolute Gasteiger partial charge is 0.137 e. The zero-order valence-corrected chi connectivity index (χ0v) is 12.5. The number of nitriles is 1. The van der Waals surface area contributed by atoms with Gasteiger partial charge in [-0.05, 0) is 35.0 Å². The average Bonchev–Trinajstić information content (AvgIpc) is 2.86. The Morgan fingerprint density at radius 2 is 1.95 bits per heavy atom. The molecule has 0 amide bonds. The van der Waals surface area contributed by atoms with Crippen LogP contribution in [0.15, 0.2) is 53.1 Å². The van der Waals surface area contributed by atoms with Gasteiger partial charge in [0.2, 0.25) is 0 Å². The normalized spacial score (nSPS) is 12.2. The molecule has 2 heterocycles. The molecule has 3 aromatic rings. The van der Waals surface area contributed by atoms with Crippen LogP contribution >= 0.6 is 15.9 Å². The number of nitrogens with zero attached hydrogens (tertiary/aromatic N) is 3. The van der Waals surface area contributed by atoms with E-state index >= 15 is 0 Å². The zero-order chi connectivity index (χ0) is 14.1. The molecule has 0 fully saturated rings. The lowest BCUT2D eigenvalue weighted by atomic mass is 10.0. The maximum atomic E-state index is 9.30. The topological polar surface area (TPSA) is 41.1 Å². The second-order valence-corrected chi connectivity index (χ2v) is 5.55. The lowest BCUT2D eigenvalue weighted by Gasteiger charge is -2.07. The van der Waals surface area contributed by atoms with Gasteiger partial charge in [-0.15, -0.1) is 0 Å². The van der Waals surface area contributed by atoms with E-state index in [0.29, 0.717) is 0 Å². The molecule has 1 aromatic carbocycles. The van der Waals surface area contributed by atoms with E-state index in [1.165, 1.54) is 0 Å². The number of benzene rings is 1. The van der Waals surface area contributed by atoms with E-state index in [0.717, 1.165) is 27.1 Å². The number of hydrogen-bond donors (Lipinski definition) is 0. The third-order valence-electron chi connectivity index (χ3n) is 3.27. The third kappa shape index (κ3) is 2.10. The highest BCUT2D eigenvalue weighted by atomic mass is 79.9. The number of pyridine rings is 1. The quantitative estimate of drug-likeness (QED) is 0.701. The molecule has 1 unspecified atom stereocenters. The molecule has 3 nitrogen and oxygen atoms in total. The lowest BCUT2D eigenvalue weighted by molar-refractivity contribution is 0.898. The van der Waals surface area contributed by atoms with Gasteiger partial charge in [0.15, 0.2) is 0 Å². The molecular formula is C16H12BrN3. The molecule has 98 valence electrons. The predicted molar refractivity (Wildman–Crippen MR) is 82.4 cm³/mol. The fourth-order valence-electron chi connectivity index (χ4n) is 2.32. The van der Waals surface area contributed by atoms with Crippen LogP contribution in [-0.4, -0.2) is 9.38 Å². The summed E-state index contributed by atoms with van der Waals surface area (Å²) in [5.41, 5.74) is 3.68. The summed E-state index contributed by atoms with van der Waals surface area (Å²) in [5, 5.41) is 9.30. The third-order valence-corrected chi connectivity index (χ3v) is 3.74. The molecule has 2 aromatic heterocycles. The van der Waals surface area contributed by atoms with Crippen LogP contribution in [0.1, 0.15) is 18.5 Å². The molecule has 0 aliphatic carbocycles. The summed E-state index contributed by atoms with van der Waals surface area (Å²) in [4.78, 5) is 4.68. The molecule has 20 heavy (non-hydrogen) atoms. The van der Waals surface area contributed by atoms with E-state index < -0.39 is 0 Å².